The lowest BCUT2D eigenvalue weighted by Gasteiger charge is -2.20. The molecule has 0 bridgehead atoms. The quantitative estimate of drug-likeness (QED) is 0.745. The Morgan fingerprint density at radius 3 is 2.70 bits per heavy atom. The summed E-state index contributed by atoms with van der Waals surface area (Å²) in [6.07, 6.45) is 4.17. The molecule has 118 valence electrons. The fourth-order valence-electron chi connectivity index (χ4n) is 3.38. The zero-order valence-corrected chi connectivity index (χ0v) is 13.4. The number of aromatic nitrogens is 3. The Bertz CT molecular complexity index is 825. The molecular weight excluding hydrogens is 288 g/mol. The molecule has 1 aromatic carbocycles. The minimum absolute atomic E-state index is 0.339. The molecule has 4 rings (SSSR count). The smallest absolute Gasteiger partial charge is 0.164 e. The third kappa shape index (κ3) is 2.37. The Morgan fingerprint density at radius 2 is 2.00 bits per heavy atom. The Balaban J connectivity index is 1.91. The van der Waals surface area contributed by atoms with Crippen LogP contribution >= 0.6 is 0 Å². The van der Waals surface area contributed by atoms with Crippen LogP contribution in [-0.4, -0.2) is 40.1 Å². The van der Waals surface area contributed by atoms with Gasteiger partial charge in [0.05, 0.1) is 13.2 Å². The predicted molar refractivity (Wildman–Crippen MR) is 90.0 cm³/mol. The first-order valence-corrected chi connectivity index (χ1v) is 7.96. The maximum atomic E-state index is 5.27. The van der Waals surface area contributed by atoms with Gasteiger partial charge in [0.15, 0.2) is 5.65 Å². The first-order valence-electron chi connectivity index (χ1n) is 7.96. The van der Waals surface area contributed by atoms with Crippen molar-refractivity contribution in [1.29, 1.82) is 0 Å². The van der Waals surface area contributed by atoms with E-state index in [1.165, 1.54) is 6.42 Å². The number of fused-ring (bicyclic) bond motifs is 1. The second-order valence-electron chi connectivity index (χ2n) is 5.99. The van der Waals surface area contributed by atoms with Crippen molar-refractivity contribution in [3.05, 3.63) is 48.4 Å². The number of pyridine rings is 1. The van der Waals surface area contributed by atoms with Crippen molar-refractivity contribution in [3.8, 4) is 11.4 Å². The van der Waals surface area contributed by atoms with Crippen LogP contribution in [0.25, 0.3) is 16.9 Å². The van der Waals surface area contributed by atoms with E-state index in [1.54, 1.807) is 7.11 Å². The molecule has 1 atom stereocenters. The SMILES string of the molecule is COc1ccc(-n2c(C3CCCN3C)nc3cccnc32)cc1. The zero-order valence-electron chi connectivity index (χ0n) is 13.4. The molecular formula is C18H20N4O. The van der Waals surface area contributed by atoms with Crippen molar-refractivity contribution in [1.82, 2.24) is 19.4 Å². The van der Waals surface area contributed by atoms with Crippen molar-refractivity contribution in [3.63, 3.8) is 0 Å². The Hall–Kier alpha value is -2.40. The molecule has 5 heteroatoms. The molecule has 3 heterocycles. The van der Waals surface area contributed by atoms with E-state index in [0.29, 0.717) is 6.04 Å². The first-order chi connectivity index (χ1) is 11.3. The number of hydrogen-bond donors (Lipinski definition) is 0. The highest BCUT2D eigenvalue weighted by atomic mass is 16.5. The van der Waals surface area contributed by atoms with Gasteiger partial charge in [-0.1, -0.05) is 0 Å². The number of likely N-dealkylation sites (tertiary alicyclic amines) is 1. The van der Waals surface area contributed by atoms with Crippen LogP contribution in [0.3, 0.4) is 0 Å². The molecule has 1 aliphatic rings. The Morgan fingerprint density at radius 1 is 1.17 bits per heavy atom. The van der Waals surface area contributed by atoms with Gasteiger partial charge in [-0.15, -0.1) is 0 Å². The molecule has 3 aromatic rings. The van der Waals surface area contributed by atoms with Crippen LogP contribution in [-0.2, 0) is 0 Å². The standard InChI is InChI=1S/C18H20N4O/c1-21-12-4-6-16(21)18-20-15-5-3-11-19-17(15)22(18)13-7-9-14(23-2)10-8-13/h3,5,7-11,16H,4,6,12H2,1-2H3. The summed E-state index contributed by atoms with van der Waals surface area (Å²) < 4.78 is 7.45. The second-order valence-corrected chi connectivity index (χ2v) is 5.99. The normalized spacial score (nSPS) is 18.6. The average molecular weight is 308 g/mol. The van der Waals surface area contributed by atoms with Crippen molar-refractivity contribution >= 4 is 11.2 Å². The lowest BCUT2D eigenvalue weighted by atomic mass is 10.2. The molecule has 2 aromatic heterocycles. The van der Waals surface area contributed by atoms with Gasteiger partial charge in [-0.3, -0.25) is 9.47 Å². The lowest BCUT2D eigenvalue weighted by Crippen LogP contribution is -2.20. The molecule has 1 unspecified atom stereocenters. The predicted octanol–water partition coefficient (Wildman–Crippen LogP) is 3.20. The highest BCUT2D eigenvalue weighted by molar-refractivity contribution is 5.74. The number of nitrogens with zero attached hydrogens (tertiary/aromatic N) is 4. The largest absolute Gasteiger partial charge is 0.497 e. The van der Waals surface area contributed by atoms with Crippen LogP contribution in [0.5, 0.6) is 5.75 Å². The maximum Gasteiger partial charge on any atom is 0.164 e. The summed E-state index contributed by atoms with van der Waals surface area (Å²) in [5, 5.41) is 0. The lowest BCUT2D eigenvalue weighted by molar-refractivity contribution is 0.304. The molecule has 5 nitrogen and oxygen atoms in total. The fraction of sp³-hybridized carbons (Fsp3) is 0.333. The molecule has 0 saturated carbocycles. The summed E-state index contributed by atoms with van der Waals surface area (Å²) in [5.74, 6) is 1.93. The summed E-state index contributed by atoms with van der Waals surface area (Å²) in [4.78, 5) is 11.8. The van der Waals surface area contributed by atoms with E-state index in [9.17, 15) is 0 Å². The zero-order chi connectivity index (χ0) is 15.8. The summed E-state index contributed by atoms with van der Waals surface area (Å²) in [7, 11) is 3.85. The molecule has 0 N–H and O–H groups in total. The highest BCUT2D eigenvalue weighted by Gasteiger charge is 2.28. The number of benzene rings is 1. The van der Waals surface area contributed by atoms with Crippen LogP contribution in [0.1, 0.15) is 24.7 Å². The van der Waals surface area contributed by atoms with Crippen LogP contribution in [0.15, 0.2) is 42.6 Å². The van der Waals surface area contributed by atoms with Crippen molar-refractivity contribution in [2.24, 2.45) is 0 Å². The molecule has 1 aliphatic heterocycles. The number of ether oxygens (including phenoxy) is 1. The summed E-state index contributed by atoms with van der Waals surface area (Å²) in [5.41, 5.74) is 2.92. The molecule has 1 saturated heterocycles. The van der Waals surface area contributed by atoms with Gasteiger partial charge < -0.3 is 4.74 Å². The third-order valence-corrected chi connectivity index (χ3v) is 4.59. The van der Waals surface area contributed by atoms with Gasteiger partial charge in [-0.25, -0.2) is 9.97 Å². The minimum atomic E-state index is 0.339. The van der Waals surface area contributed by atoms with Gasteiger partial charge in [0.25, 0.3) is 0 Å². The Kier molecular flexibility index (Phi) is 3.50. The third-order valence-electron chi connectivity index (χ3n) is 4.59. The molecule has 1 fully saturated rings. The summed E-state index contributed by atoms with van der Waals surface area (Å²) >= 11 is 0. The monoisotopic (exact) mass is 308 g/mol. The van der Waals surface area contributed by atoms with Crippen LogP contribution < -0.4 is 4.74 Å². The van der Waals surface area contributed by atoms with Gasteiger partial charge >= 0.3 is 0 Å². The molecule has 0 aliphatic carbocycles. The fourth-order valence-corrected chi connectivity index (χ4v) is 3.38. The average Bonchev–Trinajstić information content (AvgIpc) is 3.18. The number of hydrogen-bond acceptors (Lipinski definition) is 4. The van der Waals surface area contributed by atoms with Gasteiger partial charge in [-0.2, -0.15) is 0 Å². The van der Waals surface area contributed by atoms with Crippen LogP contribution in [0.2, 0.25) is 0 Å². The molecule has 0 amide bonds. The maximum absolute atomic E-state index is 5.27. The van der Waals surface area contributed by atoms with Crippen molar-refractivity contribution in [2.45, 2.75) is 18.9 Å². The van der Waals surface area contributed by atoms with Crippen LogP contribution in [0, 0.1) is 0 Å². The number of rotatable bonds is 3. The number of methoxy groups -OCH3 is 1. The van der Waals surface area contributed by atoms with Crippen molar-refractivity contribution < 1.29 is 4.74 Å². The minimum Gasteiger partial charge on any atom is -0.497 e. The van der Waals surface area contributed by atoms with E-state index in [1.807, 2.05) is 30.5 Å². The van der Waals surface area contributed by atoms with E-state index in [4.69, 9.17) is 9.72 Å². The topological polar surface area (TPSA) is 43.2 Å². The summed E-state index contributed by atoms with van der Waals surface area (Å²) in [6, 6.07) is 12.4. The van der Waals surface area contributed by atoms with Gasteiger partial charge in [0.2, 0.25) is 0 Å². The van der Waals surface area contributed by atoms with Gasteiger partial charge in [0.1, 0.15) is 17.1 Å². The molecule has 0 spiro atoms. The van der Waals surface area contributed by atoms with Gasteiger partial charge in [-0.05, 0) is 62.8 Å². The van der Waals surface area contributed by atoms with E-state index in [2.05, 4.69) is 33.6 Å². The van der Waals surface area contributed by atoms with E-state index < -0.39 is 0 Å². The van der Waals surface area contributed by atoms with E-state index in [0.717, 1.165) is 41.4 Å². The molecule has 23 heavy (non-hydrogen) atoms. The Labute approximate surface area is 135 Å². The van der Waals surface area contributed by atoms with Crippen molar-refractivity contribution in [2.75, 3.05) is 20.7 Å². The first kappa shape index (κ1) is 14.2. The highest BCUT2D eigenvalue weighted by Crippen LogP contribution is 2.33. The number of imidazole rings is 1. The van der Waals surface area contributed by atoms with Crippen LogP contribution in [0.4, 0.5) is 0 Å². The second kappa shape index (κ2) is 5.66. The summed E-state index contributed by atoms with van der Waals surface area (Å²) in [6.45, 7) is 1.11. The van der Waals surface area contributed by atoms with E-state index in [-0.39, 0.29) is 0 Å². The van der Waals surface area contributed by atoms with E-state index >= 15 is 0 Å². The molecule has 0 radical (unpaired) electrons. The van der Waals surface area contributed by atoms with Gasteiger partial charge in [0, 0.05) is 11.9 Å².